The molecule has 0 radical (unpaired) electrons. The van der Waals surface area contributed by atoms with Crippen molar-refractivity contribution in [2.24, 2.45) is 11.8 Å². The Labute approximate surface area is 121 Å². The fourth-order valence-electron chi connectivity index (χ4n) is 2.40. The largest absolute Gasteiger partial charge is 0.411 e. The Morgan fingerprint density at radius 2 is 1.00 bits per heavy atom. The summed E-state index contributed by atoms with van der Waals surface area (Å²) in [5, 5.41) is 0. The number of hydrogen-bond acceptors (Lipinski definition) is 2. The Morgan fingerprint density at radius 3 is 1.32 bits per heavy atom. The summed E-state index contributed by atoms with van der Waals surface area (Å²) in [5.74, 6) is 1.54. The van der Waals surface area contributed by atoms with Crippen molar-refractivity contribution in [2.45, 2.75) is 91.1 Å². The van der Waals surface area contributed by atoms with Gasteiger partial charge in [0.15, 0.2) is 0 Å². The Bertz CT molecular complexity index is 183. The Hall–Kier alpha value is 0.137. The number of hydrogen-bond donors (Lipinski definition) is 2. The molecule has 19 heavy (non-hydrogen) atoms. The van der Waals surface area contributed by atoms with Crippen molar-refractivity contribution < 1.29 is 9.59 Å². The summed E-state index contributed by atoms with van der Waals surface area (Å²) >= 11 is 0. The van der Waals surface area contributed by atoms with E-state index in [1.807, 2.05) is 0 Å². The first-order valence-electron chi connectivity index (χ1n) is 8.28. The molecular formula is C16H36O2Si. The fourth-order valence-corrected chi connectivity index (χ4v) is 4.28. The van der Waals surface area contributed by atoms with Gasteiger partial charge in [0.25, 0.3) is 0 Å². The summed E-state index contributed by atoms with van der Waals surface area (Å²) in [4.78, 5) is 20.1. The zero-order chi connectivity index (χ0) is 14.7. The van der Waals surface area contributed by atoms with Crippen molar-refractivity contribution in [1.82, 2.24) is 0 Å². The lowest BCUT2D eigenvalue weighted by molar-refractivity contribution is 0.349. The van der Waals surface area contributed by atoms with Crippen LogP contribution in [0.15, 0.2) is 0 Å². The van der Waals surface area contributed by atoms with E-state index in [2.05, 4.69) is 27.7 Å². The summed E-state index contributed by atoms with van der Waals surface area (Å²) in [6.07, 6.45) is 9.30. The highest BCUT2D eigenvalue weighted by molar-refractivity contribution is 6.64. The van der Waals surface area contributed by atoms with Gasteiger partial charge in [-0.2, -0.15) is 0 Å². The lowest BCUT2D eigenvalue weighted by Gasteiger charge is -2.18. The lowest BCUT2D eigenvalue weighted by Crippen LogP contribution is -2.34. The van der Waals surface area contributed by atoms with Crippen molar-refractivity contribution in [3.8, 4) is 0 Å². The molecule has 0 amide bonds. The second-order valence-electron chi connectivity index (χ2n) is 6.97. The molecule has 0 aromatic heterocycles. The zero-order valence-corrected chi connectivity index (χ0v) is 14.6. The molecule has 2 nitrogen and oxygen atoms in total. The molecule has 0 atom stereocenters. The van der Waals surface area contributed by atoms with Gasteiger partial charge < -0.3 is 9.59 Å². The van der Waals surface area contributed by atoms with E-state index in [1.165, 1.54) is 25.7 Å². The molecule has 0 heterocycles. The van der Waals surface area contributed by atoms with Crippen molar-refractivity contribution in [2.75, 3.05) is 0 Å². The normalized spacial score (nSPS) is 12.6. The molecule has 0 aliphatic heterocycles. The van der Waals surface area contributed by atoms with Crippen LogP contribution in [-0.2, 0) is 0 Å². The molecular weight excluding hydrogens is 252 g/mol. The van der Waals surface area contributed by atoms with Crippen LogP contribution >= 0.6 is 0 Å². The summed E-state index contributed by atoms with van der Waals surface area (Å²) in [6, 6.07) is 1.35. The molecule has 0 rings (SSSR count). The van der Waals surface area contributed by atoms with E-state index in [9.17, 15) is 9.59 Å². The van der Waals surface area contributed by atoms with Gasteiger partial charge in [0.2, 0.25) is 0 Å². The highest BCUT2D eigenvalue weighted by Crippen LogP contribution is 2.19. The van der Waals surface area contributed by atoms with Crippen LogP contribution < -0.4 is 0 Å². The minimum absolute atomic E-state index is 0.676. The molecule has 0 aliphatic carbocycles. The molecule has 116 valence electrons. The third-order valence-electron chi connectivity index (χ3n) is 3.72. The summed E-state index contributed by atoms with van der Waals surface area (Å²) in [6.45, 7) is 8.98. The van der Waals surface area contributed by atoms with E-state index in [-0.39, 0.29) is 0 Å². The molecule has 0 fully saturated rings. The molecule has 3 heteroatoms. The number of rotatable bonds is 12. The maximum absolute atomic E-state index is 10.0. The van der Waals surface area contributed by atoms with Gasteiger partial charge in [-0.15, -0.1) is 0 Å². The lowest BCUT2D eigenvalue weighted by atomic mass is 10.1. The molecule has 0 saturated carbocycles. The van der Waals surface area contributed by atoms with E-state index in [0.717, 1.165) is 37.5 Å². The summed E-state index contributed by atoms with van der Waals surface area (Å²) in [7, 11) is -2.86. The summed E-state index contributed by atoms with van der Waals surface area (Å²) in [5.41, 5.74) is 0. The second kappa shape index (κ2) is 10.9. The third-order valence-corrected chi connectivity index (χ3v) is 6.03. The van der Waals surface area contributed by atoms with E-state index < -0.39 is 8.56 Å². The highest BCUT2D eigenvalue weighted by Gasteiger charge is 2.27. The van der Waals surface area contributed by atoms with E-state index in [4.69, 9.17) is 0 Å². The first-order chi connectivity index (χ1) is 8.83. The fraction of sp³-hybridized carbons (Fsp3) is 1.00. The second-order valence-corrected chi connectivity index (χ2v) is 9.93. The predicted octanol–water partition coefficient (Wildman–Crippen LogP) is 4.85. The van der Waals surface area contributed by atoms with Crippen LogP contribution in [0.2, 0.25) is 12.1 Å². The number of unbranched alkanes of at least 4 members (excludes halogenated alkanes) is 4. The molecule has 0 unspecified atom stereocenters. The molecule has 0 bridgehead atoms. The van der Waals surface area contributed by atoms with Gasteiger partial charge >= 0.3 is 8.56 Å². The minimum Gasteiger partial charge on any atom is -0.411 e. The topological polar surface area (TPSA) is 40.5 Å². The van der Waals surface area contributed by atoms with Crippen LogP contribution in [0, 0.1) is 11.8 Å². The quantitative estimate of drug-likeness (QED) is 0.398. The first-order valence-corrected chi connectivity index (χ1v) is 10.6. The van der Waals surface area contributed by atoms with Crippen LogP contribution in [0.5, 0.6) is 0 Å². The van der Waals surface area contributed by atoms with E-state index in [0.29, 0.717) is 12.1 Å². The predicted molar refractivity (Wildman–Crippen MR) is 86.4 cm³/mol. The van der Waals surface area contributed by atoms with Gasteiger partial charge in [0.05, 0.1) is 0 Å². The van der Waals surface area contributed by atoms with Gasteiger partial charge in [0, 0.05) is 0 Å². The van der Waals surface area contributed by atoms with Crippen molar-refractivity contribution >= 4 is 8.56 Å². The molecule has 0 aromatic rings. The Balaban J connectivity index is 3.46. The van der Waals surface area contributed by atoms with Crippen LogP contribution in [0.3, 0.4) is 0 Å². The standard InChI is InChI=1S/C16H36O2Si/c1-15(2)11-7-5-9-13-19(17,18)14-10-6-8-12-16(3)4/h15-18H,5-14H2,1-4H3. The van der Waals surface area contributed by atoms with Gasteiger partial charge in [-0.05, 0) is 23.9 Å². The van der Waals surface area contributed by atoms with E-state index in [1.54, 1.807) is 0 Å². The van der Waals surface area contributed by atoms with Gasteiger partial charge in [-0.25, -0.2) is 0 Å². The monoisotopic (exact) mass is 288 g/mol. The van der Waals surface area contributed by atoms with Crippen LogP contribution in [0.1, 0.15) is 79.1 Å². The van der Waals surface area contributed by atoms with Gasteiger partial charge in [0.1, 0.15) is 0 Å². The minimum atomic E-state index is -2.86. The average molecular weight is 289 g/mol. The van der Waals surface area contributed by atoms with Gasteiger partial charge in [-0.3, -0.25) is 0 Å². The summed E-state index contributed by atoms with van der Waals surface area (Å²) < 4.78 is 0. The van der Waals surface area contributed by atoms with Crippen LogP contribution in [-0.4, -0.2) is 18.2 Å². The average Bonchev–Trinajstić information content (AvgIpc) is 2.27. The molecule has 0 spiro atoms. The maximum atomic E-state index is 10.0. The van der Waals surface area contributed by atoms with E-state index >= 15 is 0 Å². The molecule has 0 aromatic carbocycles. The third kappa shape index (κ3) is 14.4. The van der Waals surface area contributed by atoms with Crippen LogP contribution in [0.25, 0.3) is 0 Å². The van der Waals surface area contributed by atoms with Gasteiger partial charge in [-0.1, -0.05) is 79.1 Å². The van der Waals surface area contributed by atoms with Crippen molar-refractivity contribution in [3.63, 3.8) is 0 Å². The zero-order valence-electron chi connectivity index (χ0n) is 13.6. The van der Waals surface area contributed by atoms with Crippen molar-refractivity contribution in [1.29, 1.82) is 0 Å². The van der Waals surface area contributed by atoms with Crippen LogP contribution in [0.4, 0.5) is 0 Å². The smallest absolute Gasteiger partial charge is 0.332 e. The Kier molecular flexibility index (Phi) is 10.9. The molecule has 0 aliphatic rings. The molecule has 2 N–H and O–H groups in total. The highest BCUT2D eigenvalue weighted by atomic mass is 28.4. The molecule has 0 saturated heterocycles. The first kappa shape index (κ1) is 19.1. The SMILES string of the molecule is CC(C)CCCCC[Si](O)(O)CCCCCC(C)C. The van der Waals surface area contributed by atoms with Crippen molar-refractivity contribution in [3.05, 3.63) is 0 Å². The maximum Gasteiger partial charge on any atom is 0.332 e. The Morgan fingerprint density at radius 1 is 0.632 bits per heavy atom.